The van der Waals surface area contributed by atoms with Gasteiger partial charge in [-0.1, -0.05) is 6.07 Å². The zero-order valence-electron chi connectivity index (χ0n) is 15.1. The molecule has 0 aliphatic rings. The van der Waals surface area contributed by atoms with E-state index >= 15 is 0 Å². The van der Waals surface area contributed by atoms with Crippen LogP contribution in [0.2, 0.25) is 0 Å². The Bertz CT molecular complexity index is 935. The molecule has 0 radical (unpaired) electrons. The number of hydrogen-bond donors (Lipinski definition) is 1. The van der Waals surface area contributed by atoms with Gasteiger partial charge in [-0.15, -0.1) is 11.3 Å². The summed E-state index contributed by atoms with van der Waals surface area (Å²) in [5.74, 6) is -1.66. The molecule has 0 saturated heterocycles. The number of nitro groups is 1. The number of benzene rings is 1. The Balaban J connectivity index is 2.45. The van der Waals surface area contributed by atoms with E-state index in [0.29, 0.717) is 5.56 Å². The summed E-state index contributed by atoms with van der Waals surface area (Å²) in [5, 5.41) is 13.6. The van der Waals surface area contributed by atoms with Gasteiger partial charge in [0.2, 0.25) is 0 Å². The number of methoxy groups -OCH3 is 1. The summed E-state index contributed by atoms with van der Waals surface area (Å²) >= 11 is 0.942. The number of nitrogens with zero attached hydrogens (tertiary/aromatic N) is 2. The highest BCUT2D eigenvalue weighted by molar-refractivity contribution is 7.18. The second-order valence-electron chi connectivity index (χ2n) is 5.71. The van der Waals surface area contributed by atoms with E-state index in [9.17, 15) is 24.5 Å². The van der Waals surface area contributed by atoms with Crippen LogP contribution in [0.5, 0.6) is 0 Å². The van der Waals surface area contributed by atoms with Gasteiger partial charge in [-0.2, -0.15) is 0 Å². The van der Waals surface area contributed by atoms with Gasteiger partial charge >= 0.3 is 5.97 Å². The average Bonchev–Trinajstić information content (AvgIpc) is 2.96. The number of anilines is 1. The quantitative estimate of drug-likeness (QED) is 0.475. The van der Waals surface area contributed by atoms with Crippen molar-refractivity contribution < 1.29 is 24.0 Å². The van der Waals surface area contributed by atoms with Crippen LogP contribution < -0.4 is 5.32 Å². The van der Waals surface area contributed by atoms with Crippen molar-refractivity contribution in [1.29, 1.82) is 0 Å². The van der Waals surface area contributed by atoms with E-state index in [0.717, 1.165) is 17.4 Å². The van der Waals surface area contributed by atoms with Crippen molar-refractivity contribution in [1.82, 2.24) is 4.90 Å². The minimum atomic E-state index is -0.698. The number of thiophene rings is 1. The first-order valence-electron chi connectivity index (χ1n) is 7.66. The number of esters is 1. The van der Waals surface area contributed by atoms with E-state index in [1.165, 1.54) is 30.2 Å². The smallest absolute Gasteiger partial charge is 0.341 e. The monoisotopic (exact) mass is 391 g/mol. The standard InChI is InChI=1S/C17H17N3O6S/c1-9-12(17(23)26-4)15(27-13(9)16(22)19(2)3)18-14(21)10-6-5-7-11(8-10)20(24)25/h5-8H,1-4H3,(H,18,21). The maximum absolute atomic E-state index is 12.5. The molecule has 1 N–H and O–H groups in total. The van der Waals surface area contributed by atoms with Gasteiger partial charge in [-0.25, -0.2) is 4.79 Å². The number of carbonyl (C=O) groups is 3. The maximum atomic E-state index is 12.5. The fourth-order valence-electron chi connectivity index (χ4n) is 2.29. The minimum Gasteiger partial charge on any atom is -0.465 e. The first kappa shape index (κ1) is 20.0. The molecule has 1 aromatic heterocycles. The number of amides is 2. The highest BCUT2D eigenvalue weighted by atomic mass is 32.1. The number of carbonyl (C=O) groups excluding carboxylic acids is 3. The zero-order valence-corrected chi connectivity index (χ0v) is 15.9. The van der Waals surface area contributed by atoms with Crippen molar-refractivity contribution in [3.05, 3.63) is 55.9 Å². The van der Waals surface area contributed by atoms with Gasteiger partial charge in [-0.3, -0.25) is 19.7 Å². The van der Waals surface area contributed by atoms with Crippen LogP contribution in [0.4, 0.5) is 10.7 Å². The Hall–Kier alpha value is -3.27. The van der Waals surface area contributed by atoms with Gasteiger partial charge in [-0.05, 0) is 18.6 Å². The summed E-state index contributed by atoms with van der Waals surface area (Å²) in [5.41, 5.74) is 0.277. The molecular weight excluding hydrogens is 374 g/mol. The second kappa shape index (κ2) is 7.96. The predicted octanol–water partition coefficient (Wildman–Crippen LogP) is 2.71. The molecule has 0 bridgehead atoms. The molecular formula is C17H17N3O6S. The molecule has 0 aliphatic heterocycles. The van der Waals surface area contributed by atoms with Gasteiger partial charge in [0.15, 0.2) is 0 Å². The molecule has 0 fully saturated rings. The van der Waals surface area contributed by atoms with Crippen LogP contribution in [0.3, 0.4) is 0 Å². The minimum absolute atomic E-state index is 0.0477. The molecule has 10 heteroatoms. The molecule has 1 aromatic carbocycles. The van der Waals surface area contributed by atoms with Gasteiger partial charge in [0.05, 0.1) is 22.5 Å². The summed E-state index contributed by atoms with van der Waals surface area (Å²) in [6, 6.07) is 5.18. The molecule has 0 spiro atoms. The third-order valence-electron chi connectivity index (χ3n) is 3.68. The van der Waals surface area contributed by atoms with E-state index in [-0.39, 0.29) is 32.6 Å². The molecule has 2 aromatic rings. The summed E-state index contributed by atoms with van der Waals surface area (Å²) in [6.45, 7) is 1.59. The molecule has 27 heavy (non-hydrogen) atoms. The Labute approximate surface area is 158 Å². The Morgan fingerprint density at radius 3 is 2.48 bits per heavy atom. The zero-order chi connectivity index (χ0) is 20.3. The molecule has 2 rings (SSSR count). The lowest BCUT2D eigenvalue weighted by atomic mass is 10.1. The normalized spacial score (nSPS) is 10.2. The largest absolute Gasteiger partial charge is 0.465 e. The number of non-ortho nitro benzene ring substituents is 1. The van der Waals surface area contributed by atoms with E-state index in [2.05, 4.69) is 5.32 Å². The third kappa shape index (κ3) is 4.11. The van der Waals surface area contributed by atoms with Crippen molar-refractivity contribution >= 4 is 39.8 Å². The summed E-state index contributed by atoms with van der Waals surface area (Å²) in [6.07, 6.45) is 0. The molecule has 2 amide bonds. The number of hydrogen-bond acceptors (Lipinski definition) is 7. The van der Waals surface area contributed by atoms with Gasteiger partial charge in [0, 0.05) is 31.8 Å². The molecule has 0 unspecified atom stereocenters. The fraction of sp³-hybridized carbons (Fsp3) is 0.235. The Morgan fingerprint density at radius 1 is 1.26 bits per heavy atom. The number of nitrogens with one attached hydrogen (secondary N) is 1. The summed E-state index contributed by atoms with van der Waals surface area (Å²) in [7, 11) is 4.33. The lowest BCUT2D eigenvalue weighted by Gasteiger charge is -2.08. The molecule has 0 saturated carbocycles. The average molecular weight is 391 g/mol. The van der Waals surface area contributed by atoms with Gasteiger partial charge in [0.25, 0.3) is 17.5 Å². The Kier molecular flexibility index (Phi) is 5.91. The molecule has 1 heterocycles. The first-order valence-corrected chi connectivity index (χ1v) is 8.48. The van der Waals surface area contributed by atoms with Crippen molar-refractivity contribution in [2.75, 3.05) is 26.5 Å². The number of nitro benzene ring substituents is 1. The highest BCUT2D eigenvalue weighted by Gasteiger charge is 2.27. The fourth-order valence-corrected chi connectivity index (χ4v) is 3.50. The lowest BCUT2D eigenvalue weighted by molar-refractivity contribution is -0.384. The van der Waals surface area contributed by atoms with Crippen molar-refractivity contribution in [3.63, 3.8) is 0 Å². The maximum Gasteiger partial charge on any atom is 0.341 e. The molecule has 9 nitrogen and oxygen atoms in total. The predicted molar refractivity (Wildman–Crippen MR) is 99.5 cm³/mol. The van der Waals surface area contributed by atoms with Crippen LogP contribution in [0.15, 0.2) is 24.3 Å². The van der Waals surface area contributed by atoms with Crippen LogP contribution in [-0.4, -0.2) is 48.8 Å². The molecule has 0 atom stereocenters. The van der Waals surface area contributed by atoms with Crippen LogP contribution in [0, 0.1) is 17.0 Å². The van der Waals surface area contributed by atoms with Crippen LogP contribution >= 0.6 is 11.3 Å². The van der Waals surface area contributed by atoms with Gasteiger partial charge < -0.3 is 15.0 Å². The number of ether oxygens (including phenoxy) is 1. The highest BCUT2D eigenvalue weighted by Crippen LogP contribution is 2.34. The van der Waals surface area contributed by atoms with E-state index in [1.807, 2.05) is 0 Å². The van der Waals surface area contributed by atoms with Crippen LogP contribution in [0.25, 0.3) is 0 Å². The van der Waals surface area contributed by atoms with E-state index in [4.69, 9.17) is 4.74 Å². The Morgan fingerprint density at radius 2 is 1.93 bits per heavy atom. The summed E-state index contributed by atoms with van der Waals surface area (Å²) in [4.78, 5) is 48.9. The lowest BCUT2D eigenvalue weighted by Crippen LogP contribution is -2.21. The van der Waals surface area contributed by atoms with E-state index in [1.54, 1.807) is 21.0 Å². The molecule has 142 valence electrons. The first-order chi connectivity index (χ1) is 12.7. The second-order valence-corrected chi connectivity index (χ2v) is 6.73. The van der Waals surface area contributed by atoms with E-state index < -0.39 is 16.8 Å². The topological polar surface area (TPSA) is 119 Å². The number of rotatable bonds is 5. The van der Waals surface area contributed by atoms with Crippen molar-refractivity contribution in [3.8, 4) is 0 Å². The van der Waals surface area contributed by atoms with Crippen molar-refractivity contribution in [2.24, 2.45) is 0 Å². The van der Waals surface area contributed by atoms with Crippen molar-refractivity contribution in [2.45, 2.75) is 6.92 Å². The van der Waals surface area contributed by atoms with Gasteiger partial charge in [0.1, 0.15) is 5.00 Å². The third-order valence-corrected chi connectivity index (χ3v) is 4.88. The molecule has 0 aliphatic carbocycles. The van der Waals surface area contributed by atoms with Crippen LogP contribution in [0.1, 0.15) is 36.0 Å². The SMILES string of the molecule is COC(=O)c1c(NC(=O)c2cccc([N+](=O)[O-])c2)sc(C(=O)N(C)C)c1C. The summed E-state index contributed by atoms with van der Waals surface area (Å²) < 4.78 is 4.75. The van der Waals surface area contributed by atoms with Crippen LogP contribution in [-0.2, 0) is 4.74 Å².